The molecule has 2 aromatic rings. The zero-order valence-electron chi connectivity index (χ0n) is 7.45. The minimum Gasteiger partial charge on any atom is -0.484 e. The van der Waals surface area contributed by atoms with Crippen molar-refractivity contribution in [1.29, 1.82) is 0 Å². The van der Waals surface area contributed by atoms with Crippen LogP contribution in [0.4, 0.5) is 0 Å². The largest absolute Gasteiger partial charge is 2.00 e. The molecule has 2 rings (SSSR count). The van der Waals surface area contributed by atoms with E-state index in [1.165, 1.54) is 5.69 Å². The van der Waals surface area contributed by atoms with E-state index in [9.17, 15) is 0 Å². The van der Waals surface area contributed by atoms with Gasteiger partial charge in [-0.1, -0.05) is 12.6 Å². The van der Waals surface area contributed by atoms with Gasteiger partial charge in [-0.2, -0.15) is 18.3 Å². The number of aryl methyl sites for hydroxylation is 1. The normalized spacial score (nSPS) is 8.08. The van der Waals surface area contributed by atoms with Gasteiger partial charge in [0.05, 0.1) is 0 Å². The number of nitrogens with one attached hydrogen (secondary N) is 2. The first-order chi connectivity index (χ1) is 5.93. The third-order valence-electron chi connectivity index (χ3n) is 1.39. The maximum atomic E-state index is 3.03. The molecule has 0 aliphatic heterocycles. The Balaban J connectivity index is 0.000000215. The summed E-state index contributed by atoms with van der Waals surface area (Å²) in [6.45, 7) is 2.10. The van der Waals surface area contributed by atoms with E-state index in [4.69, 9.17) is 0 Å². The van der Waals surface area contributed by atoms with E-state index >= 15 is 0 Å². The van der Waals surface area contributed by atoms with Crippen molar-refractivity contribution in [2.45, 2.75) is 13.3 Å². The Morgan fingerprint density at radius 2 is 2.15 bits per heavy atom. The van der Waals surface area contributed by atoms with Crippen molar-refractivity contribution in [1.82, 2.24) is 9.97 Å². The van der Waals surface area contributed by atoms with E-state index < -0.39 is 0 Å². The first kappa shape index (κ1) is 12.2. The predicted octanol–water partition coefficient (Wildman–Crippen LogP) is 2.19. The molecule has 0 amide bonds. The summed E-state index contributed by atoms with van der Waals surface area (Å²) < 4.78 is 0. The Hall–Kier alpha value is -0.817. The van der Waals surface area contributed by atoms with Crippen molar-refractivity contribution < 1.29 is 19.5 Å². The van der Waals surface area contributed by atoms with Gasteiger partial charge in [0, 0.05) is 0 Å². The second-order valence-electron chi connectivity index (χ2n) is 2.27. The molecule has 70 valence electrons. The van der Waals surface area contributed by atoms with Crippen molar-refractivity contribution >= 4 is 0 Å². The molecule has 0 atom stereocenters. The van der Waals surface area contributed by atoms with E-state index in [0.29, 0.717) is 0 Å². The van der Waals surface area contributed by atoms with Gasteiger partial charge in [-0.05, 0) is 6.42 Å². The summed E-state index contributed by atoms with van der Waals surface area (Å²) in [5, 5.41) is 0. The Morgan fingerprint density at radius 1 is 1.31 bits per heavy atom. The molecular weight excluding hydrogens is 249 g/mol. The van der Waals surface area contributed by atoms with E-state index in [-0.39, 0.29) is 19.5 Å². The fraction of sp³-hybridized carbons (Fsp3) is 0.200. The molecule has 3 heteroatoms. The van der Waals surface area contributed by atoms with Crippen LogP contribution in [0.1, 0.15) is 12.6 Å². The summed E-state index contributed by atoms with van der Waals surface area (Å²) in [5.74, 6) is 0. The summed E-state index contributed by atoms with van der Waals surface area (Å²) in [6.07, 6.45) is 7.49. The van der Waals surface area contributed by atoms with Gasteiger partial charge in [0.25, 0.3) is 0 Å². The van der Waals surface area contributed by atoms with Crippen LogP contribution in [0.25, 0.3) is 0 Å². The molecule has 0 aliphatic rings. The molecule has 0 spiro atoms. The van der Waals surface area contributed by atoms with Crippen molar-refractivity contribution in [3.8, 4) is 0 Å². The van der Waals surface area contributed by atoms with E-state index in [1.54, 1.807) is 0 Å². The minimum atomic E-state index is 0. The van der Waals surface area contributed by atoms with Crippen molar-refractivity contribution in [3.05, 3.63) is 48.5 Å². The molecule has 13 heavy (non-hydrogen) atoms. The molecule has 0 aliphatic carbocycles. The number of aromatic nitrogens is 2. The first-order valence-electron chi connectivity index (χ1n) is 3.97. The molecule has 2 N–H and O–H groups in total. The molecule has 0 aromatic carbocycles. The molecule has 0 bridgehead atoms. The average molecular weight is 261 g/mol. The number of H-pyrrole nitrogens is 2. The maximum absolute atomic E-state index is 3.03. The standard InChI is InChI=1S/C6H8N.C4H4N.Ru/c1-2-6-4-3-5-7-6;1-2-4-5-3-1;/h3,5,7H,2H2,1H3;1-3,5H;/q2*-1;+2. The van der Waals surface area contributed by atoms with Crippen LogP contribution < -0.4 is 0 Å². The predicted molar refractivity (Wildman–Crippen MR) is 48.6 cm³/mol. The molecule has 0 saturated heterocycles. The number of rotatable bonds is 1. The van der Waals surface area contributed by atoms with Gasteiger partial charge in [0.1, 0.15) is 0 Å². The van der Waals surface area contributed by atoms with Crippen LogP contribution in [0.3, 0.4) is 0 Å². The van der Waals surface area contributed by atoms with Crippen LogP contribution in [0, 0.1) is 12.3 Å². The smallest absolute Gasteiger partial charge is 0.484 e. The fourth-order valence-corrected chi connectivity index (χ4v) is 0.771. The van der Waals surface area contributed by atoms with E-state index in [0.717, 1.165) is 6.42 Å². The quantitative estimate of drug-likeness (QED) is 0.582. The monoisotopic (exact) mass is 262 g/mol. The van der Waals surface area contributed by atoms with E-state index in [2.05, 4.69) is 29.2 Å². The Morgan fingerprint density at radius 3 is 2.38 bits per heavy atom. The summed E-state index contributed by atoms with van der Waals surface area (Å²) >= 11 is 0. The second kappa shape index (κ2) is 7.81. The fourth-order valence-electron chi connectivity index (χ4n) is 0.771. The number of hydrogen-bond acceptors (Lipinski definition) is 0. The van der Waals surface area contributed by atoms with Gasteiger partial charge in [-0.25, -0.2) is 12.1 Å². The Kier molecular flexibility index (Phi) is 7.32. The minimum absolute atomic E-state index is 0. The molecular formula is C10H12N2Ru. The molecule has 0 fully saturated rings. The number of hydrogen-bond donors (Lipinski definition) is 2. The van der Waals surface area contributed by atoms with Crippen LogP contribution in [0.15, 0.2) is 30.6 Å². The molecule has 2 aromatic heterocycles. The third kappa shape index (κ3) is 5.43. The molecule has 2 heterocycles. The first-order valence-corrected chi connectivity index (χ1v) is 3.97. The van der Waals surface area contributed by atoms with Crippen LogP contribution in [0.5, 0.6) is 0 Å². The van der Waals surface area contributed by atoms with Gasteiger partial charge < -0.3 is 9.97 Å². The van der Waals surface area contributed by atoms with Crippen LogP contribution in [-0.4, -0.2) is 9.97 Å². The summed E-state index contributed by atoms with van der Waals surface area (Å²) in [6, 6.07) is 8.63. The van der Waals surface area contributed by atoms with Gasteiger partial charge in [-0.3, -0.25) is 0 Å². The van der Waals surface area contributed by atoms with Crippen LogP contribution in [-0.2, 0) is 25.9 Å². The molecule has 2 nitrogen and oxygen atoms in total. The van der Waals surface area contributed by atoms with Crippen molar-refractivity contribution in [2.75, 3.05) is 0 Å². The molecule has 0 saturated carbocycles. The zero-order valence-corrected chi connectivity index (χ0v) is 9.19. The summed E-state index contributed by atoms with van der Waals surface area (Å²) in [7, 11) is 0. The maximum Gasteiger partial charge on any atom is 2.00 e. The SMILES string of the molecule is CCc1[c-]cc[nH]1.[Ru+2].[c-]1ccc[nH]1. The van der Waals surface area contributed by atoms with Gasteiger partial charge in [0.2, 0.25) is 0 Å². The van der Waals surface area contributed by atoms with Gasteiger partial charge in [0.15, 0.2) is 0 Å². The van der Waals surface area contributed by atoms with Crippen molar-refractivity contribution in [2.24, 2.45) is 0 Å². The third-order valence-corrected chi connectivity index (χ3v) is 1.39. The van der Waals surface area contributed by atoms with E-state index in [1.807, 2.05) is 30.6 Å². The zero-order chi connectivity index (χ0) is 8.65. The molecule has 0 radical (unpaired) electrons. The number of aromatic amines is 2. The van der Waals surface area contributed by atoms with Crippen LogP contribution in [0.2, 0.25) is 0 Å². The second-order valence-corrected chi connectivity index (χ2v) is 2.27. The Bertz CT molecular complexity index is 244. The summed E-state index contributed by atoms with van der Waals surface area (Å²) in [4.78, 5) is 5.77. The Labute approximate surface area is 91.5 Å². The summed E-state index contributed by atoms with van der Waals surface area (Å²) in [5.41, 5.74) is 1.18. The molecule has 0 unspecified atom stereocenters. The van der Waals surface area contributed by atoms with Gasteiger partial charge >= 0.3 is 19.5 Å². The van der Waals surface area contributed by atoms with Gasteiger partial charge in [-0.15, -0.1) is 12.4 Å². The average Bonchev–Trinajstić information content (AvgIpc) is 2.81. The van der Waals surface area contributed by atoms with Crippen molar-refractivity contribution in [3.63, 3.8) is 0 Å². The topological polar surface area (TPSA) is 31.6 Å². The van der Waals surface area contributed by atoms with Crippen LogP contribution >= 0.6 is 0 Å².